The molecule has 0 bridgehead atoms. The third-order valence-electron chi connectivity index (χ3n) is 3.73. The standard InChI is InChI=1S/C19H24N2O5S/c1-13-5-6-15(11-18(13)21-27(4,23)24)19(22)20-14(2)12-26-17-9-7-16(25-3)8-10-17/h5-11,14,21H,12H2,1-4H3,(H,20,22)/t14-/m0/s1. The molecule has 146 valence electrons. The van der Waals surface area contributed by atoms with E-state index >= 15 is 0 Å². The van der Waals surface area contributed by atoms with Gasteiger partial charge in [0.2, 0.25) is 10.0 Å². The predicted octanol–water partition coefficient (Wildman–Crippen LogP) is 2.57. The van der Waals surface area contributed by atoms with Crippen molar-refractivity contribution >= 4 is 21.6 Å². The first kappa shape index (κ1) is 20.6. The van der Waals surface area contributed by atoms with Crippen molar-refractivity contribution < 1.29 is 22.7 Å². The molecule has 0 radical (unpaired) electrons. The van der Waals surface area contributed by atoms with E-state index < -0.39 is 10.0 Å². The van der Waals surface area contributed by atoms with E-state index in [0.717, 1.165) is 17.6 Å². The van der Waals surface area contributed by atoms with Gasteiger partial charge in [-0.05, 0) is 55.8 Å². The SMILES string of the molecule is COc1ccc(OC[C@H](C)NC(=O)c2ccc(C)c(NS(C)(=O)=O)c2)cc1. The summed E-state index contributed by atoms with van der Waals surface area (Å²) in [7, 11) is -1.83. The van der Waals surface area contributed by atoms with Crippen LogP contribution in [0.1, 0.15) is 22.8 Å². The number of hydrogen-bond acceptors (Lipinski definition) is 5. The van der Waals surface area contributed by atoms with E-state index in [1.807, 2.05) is 6.92 Å². The van der Waals surface area contributed by atoms with Crippen LogP contribution >= 0.6 is 0 Å². The molecule has 0 unspecified atom stereocenters. The van der Waals surface area contributed by atoms with Crippen molar-refractivity contribution in [3.05, 3.63) is 53.6 Å². The molecular weight excluding hydrogens is 368 g/mol. The molecule has 27 heavy (non-hydrogen) atoms. The minimum absolute atomic E-state index is 0.243. The molecular formula is C19H24N2O5S. The van der Waals surface area contributed by atoms with E-state index in [4.69, 9.17) is 9.47 Å². The third kappa shape index (κ3) is 6.49. The molecule has 0 aliphatic rings. The quantitative estimate of drug-likeness (QED) is 0.720. The fourth-order valence-corrected chi connectivity index (χ4v) is 2.93. The molecule has 0 fully saturated rings. The Morgan fingerprint density at radius 2 is 1.74 bits per heavy atom. The lowest BCUT2D eigenvalue weighted by molar-refractivity contribution is 0.0926. The van der Waals surface area contributed by atoms with Gasteiger partial charge in [0.15, 0.2) is 0 Å². The Kier molecular flexibility index (Phi) is 6.68. The van der Waals surface area contributed by atoms with E-state index in [2.05, 4.69) is 10.0 Å². The van der Waals surface area contributed by atoms with Crippen LogP contribution in [-0.2, 0) is 10.0 Å². The smallest absolute Gasteiger partial charge is 0.251 e. The van der Waals surface area contributed by atoms with Crippen LogP contribution in [0.4, 0.5) is 5.69 Å². The maximum Gasteiger partial charge on any atom is 0.251 e. The molecule has 1 atom stereocenters. The van der Waals surface area contributed by atoms with Gasteiger partial charge >= 0.3 is 0 Å². The minimum Gasteiger partial charge on any atom is -0.497 e. The first-order chi connectivity index (χ1) is 12.7. The second kappa shape index (κ2) is 8.77. The molecule has 7 nitrogen and oxygen atoms in total. The molecule has 0 aromatic heterocycles. The number of nitrogens with one attached hydrogen (secondary N) is 2. The highest BCUT2D eigenvalue weighted by atomic mass is 32.2. The summed E-state index contributed by atoms with van der Waals surface area (Å²) in [6.45, 7) is 3.88. The molecule has 0 saturated carbocycles. The summed E-state index contributed by atoms with van der Waals surface area (Å²) >= 11 is 0. The first-order valence-electron chi connectivity index (χ1n) is 8.34. The van der Waals surface area contributed by atoms with Gasteiger partial charge in [-0.25, -0.2) is 8.42 Å². The highest BCUT2D eigenvalue weighted by Crippen LogP contribution is 2.19. The number of aryl methyl sites for hydroxylation is 1. The molecule has 0 saturated heterocycles. The van der Waals surface area contributed by atoms with Crippen molar-refractivity contribution in [3.8, 4) is 11.5 Å². The topological polar surface area (TPSA) is 93.7 Å². The van der Waals surface area contributed by atoms with Crippen molar-refractivity contribution in [1.29, 1.82) is 0 Å². The first-order valence-corrected chi connectivity index (χ1v) is 10.2. The average molecular weight is 392 g/mol. The number of ether oxygens (including phenoxy) is 2. The van der Waals surface area contributed by atoms with Gasteiger partial charge in [0.25, 0.3) is 5.91 Å². The zero-order valence-corrected chi connectivity index (χ0v) is 16.6. The second-order valence-electron chi connectivity index (χ2n) is 6.26. The van der Waals surface area contributed by atoms with Crippen molar-refractivity contribution in [3.63, 3.8) is 0 Å². The van der Waals surface area contributed by atoms with Gasteiger partial charge < -0.3 is 14.8 Å². The third-order valence-corrected chi connectivity index (χ3v) is 4.32. The molecule has 1 amide bonds. The number of anilines is 1. The summed E-state index contributed by atoms with van der Waals surface area (Å²) in [6.07, 6.45) is 1.07. The summed E-state index contributed by atoms with van der Waals surface area (Å²) in [5.41, 5.74) is 1.48. The van der Waals surface area contributed by atoms with Crippen molar-refractivity contribution in [1.82, 2.24) is 5.32 Å². The van der Waals surface area contributed by atoms with E-state index in [-0.39, 0.29) is 11.9 Å². The fraction of sp³-hybridized carbons (Fsp3) is 0.316. The minimum atomic E-state index is -3.42. The summed E-state index contributed by atoms with van der Waals surface area (Å²) < 4.78 is 36.0. The van der Waals surface area contributed by atoms with Gasteiger partial charge in [-0.15, -0.1) is 0 Å². The highest BCUT2D eigenvalue weighted by molar-refractivity contribution is 7.92. The number of carbonyl (C=O) groups is 1. The van der Waals surface area contributed by atoms with Crippen LogP contribution < -0.4 is 19.5 Å². The Bertz CT molecular complexity index is 895. The van der Waals surface area contributed by atoms with Crippen LogP contribution in [-0.4, -0.2) is 40.3 Å². The van der Waals surface area contributed by atoms with Crippen LogP contribution in [0.3, 0.4) is 0 Å². The van der Waals surface area contributed by atoms with Crippen molar-refractivity contribution in [2.24, 2.45) is 0 Å². The molecule has 0 spiro atoms. The lowest BCUT2D eigenvalue weighted by Gasteiger charge is -2.16. The van der Waals surface area contributed by atoms with Crippen LogP contribution in [0.15, 0.2) is 42.5 Å². The van der Waals surface area contributed by atoms with Gasteiger partial charge in [0.05, 0.1) is 25.1 Å². The summed E-state index contributed by atoms with van der Waals surface area (Å²) in [5.74, 6) is 1.10. The molecule has 2 aromatic carbocycles. The number of rotatable bonds is 8. The van der Waals surface area contributed by atoms with Crippen LogP contribution in [0.25, 0.3) is 0 Å². The number of carbonyl (C=O) groups excluding carboxylic acids is 1. The van der Waals surface area contributed by atoms with Gasteiger partial charge in [0, 0.05) is 5.56 Å². The number of amides is 1. The molecule has 0 heterocycles. The van der Waals surface area contributed by atoms with Crippen molar-refractivity contribution in [2.75, 3.05) is 24.7 Å². The van der Waals surface area contributed by atoms with Gasteiger partial charge in [-0.3, -0.25) is 9.52 Å². The zero-order chi connectivity index (χ0) is 20.0. The van der Waals surface area contributed by atoms with E-state index in [9.17, 15) is 13.2 Å². The number of methoxy groups -OCH3 is 1. The van der Waals surface area contributed by atoms with E-state index in [1.54, 1.807) is 50.4 Å². The normalized spacial score (nSPS) is 12.1. The average Bonchev–Trinajstić information content (AvgIpc) is 2.61. The van der Waals surface area contributed by atoms with Crippen molar-refractivity contribution in [2.45, 2.75) is 19.9 Å². The maximum absolute atomic E-state index is 12.4. The predicted molar refractivity (Wildman–Crippen MR) is 105 cm³/mol. The van der Waals surface area contributed by atoms with E-state index in [1.165, 1.54) is 6.07 Å². The summed E-state index contributed by atoms with van der Waals surface area (Å²) in [6, 6.07) is 11.8. The van der Waals surface area contributed by atoms with Crippen LogP contribution in [0.5, 0.6) is 11.5 Å². The van der Waals surface area contributed by atoms with Gasteiger partial charge in [0.1, 0.15) is 18.1 Å². The highest BCUT2D eigenvalue weighted by Gasteiger charge is 2.13. The molecule has 0 aliphatic carbocycles. The Hall–Kier alpha value is -2.74. The molecule has 8 heteroatoms. The summed E-state index contributed by atoms with van der Waals surface area (Å²) in [5, 5.41) is 2.83. The van der Waals surface area contributed by atoms with E-state index in [0.29, 0.717) is 23.6 Å². The van der Waals surface area contributed by atoms with Gasteiger partial charge in [-0.1, -0.05) is 6.07 Å². The molecule has 2 aromatic rings. The number of sulfonamides is 1. The molecule has 2 N–H and O–H groups in total. The summed E-state index contributed by atoms with van der Waals surface area (Å²) in [4.78, 5) is 12.4. The number of benzene rings is 2. The maximum atomic E-state index is 12.4. The number of hydrogen-bond donors (Lipinski definition) is 2. The largest absolute Gasteiger partial charge is 0.497 e. The fourth-order valence-electron chi connectivity index (χ4n) is 2.31. The van der Waals surface area contributed by atoms with Crippen LogP contribution in [0, 0.1) is 6.92 Å². The Morgan fingerprint density at radius 3 is 2.33 bits per heavy atom. The lowest BCUT2D eigenvalue weighted by atomic mass is 10.1. The Labute approximate surface area is 159 Å². The monoisotopic (exact) mass is 392 g/mol. The van der Waals surface area contributed by atoms with Crippen LogP contribution in [0.2, 0.25) is 0 Å². The van der Waals surface area contributed by atoms with Gasteiger partial charge in [-0.2, -0.15) is 0 Å². The Balaban J connectivity index is 1.96. The molecule has 0 aliphatic heterocycles. The zero-order valence-electron chi connectivity index (χ0n) is 15.8. The lowest BCUT2D eigenvalue weighted by Crippen LogP contribution is -2.36. The second-order valence-corrected chi connectivity index (χ2v) is 8.01. The Morgan fingerprint density at radius 1 is 1.11 bits per heavy atom. The molecule has 2 rings (SSSR count).